The molecule has 2 heterocycles. The number of aliphatic hydroxyl groups excluding tert-OH is 1. The highest BCUT2D eigenvalue weighted by Gasteiger charge is 2.46. The molecule has 2 aromatic carbocycles. The number of aliphatic hydroxyl groups is 1. The number of hydrogen-bond acceptors (Lipinski definition) is 5. The number of carbonyl (C=O) groups excluding carboxylic acids is 1. The topological polar surface area (TPSA) is 56.2 Å². The minimum Gasteiger partial charge on any atom is -0.509 e. The van der Waals surface area contributed by atoms with Crippen molar-refractivity contribution >= 4 is 11.6 Å². The fraction of sp³-hybridized carbons (Fsp3) is 0.348. The Bertz CT molecular complexity index is 877. The summed E-state index contributed by atoms with van der Waals surface area (Å²) in [6.45, 7) is 2.68. The van der Waals surface area contributed by atoms with E-state index in [-0.39, 0.29) is 17.8 Å². The fourth-order valence-electron chi connectivity index (χ4n) is 4.26. The molecule has 0 radical (unpaired) electrons. The molecule has 2 aromatic rings. The van der Waals surface area contributed by atoms with Gasteiger partial charge in [0.1, 0.15) is 11.8 Å². The van der Waals surface area contributed by atoms with Crippen LogP contribution in [0.5, 0.6) is 0 Å². The van der Waals surface area contributed by atoms with E-state index in [1.54, 1.807) is 4.90 Å². The van der Waals surface area contributed by atoms with E-state index in [2.05, 4.69) is 4.90 Å². The number of hydrogen-bond donors (Lipinski definition) is 1. The van der Waals surface area contributed by atoms with Gasteiger partial charge in [0, 0.05) is 18.8 Å². The average Bonchev–Trinajstić information content (AvgIpc) is 3.01. The minimum absolute atomic E-state index is 0.121. The third kappa shape index (κ3) is 3.67. The molecule has 2 aliphatic rings. The molecule has 0 spiro atoms. The second-order valence-corrected chi connectivity index (χ2v) is 7.61. The van der Waals surface area contributed by atoms with E-state index < -0.39 is 6.04 Å². The van der Waals surface area contributed by atoms with Gasteiger partial charge in [-0.3, -0.25) is 19.5 Å². The molecule has 1 saturated heterocycles. The van der Waals surface area contributed by atoms with E-state index in [4.69, 9.17) is 4.74 Å². The Balaban J connectivity index is 1.82. The summed E-state index contributed by atoms with van der Waals surface area (Å²) in [6.07, 6.45) is -0.314. The molecule has 0 saturated carbocycles. The molecule has 1 N–H and O–H groups in total. The van der Waals surface area contributed by atoms with Crippen molar-refractivity contribution in [2.75, 3.05) is 45.3 Å². The monoisotopic (exact) mass is 393 g/mol. The number of rotatable bonds is 5. The van der Waals surface area contributed by atoms with E-state index in [9.17, 15) is 9.90 Å². The molecular weight excluding hydrogens is 366 g/mol. The summed E-state index contributed by atoms with van der Waals surface area (Å²) in [7, 11) is 3.88. The third-order valence-corrected chi connectivity index (χ3v) is 5.53. The lowest BCUT2D eigenvalue weighted by molar-refractivity contribution is -0.116. The molecule has 1 amide bonds. The number of carbonyl (C=O) groups is 1. The van der Waals surface area contributed by atoms with Gasteiger partial charge in [-0.05, 0) is 31.8 Å². The highest BCUT2D eigenvalue weighted by atomic mass is 16.5. The molecule has 0 aliphatic carbocycles. The van der Waals surface area contributed by atoms with Gasteiger partial charge in [0.25, 0.3) is 5.91 Å². The summed E-state index contributed by atoms with van der Waals surface area (Å²) in [5.74, 6) is -0.0389. The summed E-state index contributed by atoms with van der Waals surface area (Å²) >= 11 is 0. The van der Waals surface area contributed by atoms with Crippen molar-refractivity contribution in [1.29, 1.82) is 0 Å². The van der Waals surface area contributed by atoms with Crippen molar-refractivity contribution in [2.24, 2.45) is 0 Å². The Morgan fingerprint density at radius 3 is 2.17 bits per heavy atom. The SMILES string of the molecule is CN(C)C(C1=C(O)C(c2ccccc2)N(c2ccccc2)C1=O)N1CCOCC1. The van der Waals surface area contributed by atoms with E-state index in [0.29, 0.717) is 31.9 Å². The molecule has 1 fully saturated rings. The molecule has 6 nitrogen and oxygen atoms in total. The first-order valence-corrected chi connectivity index (χ1v) is 9.94. The molecule has 4 rings (SSSR count). The van der Waals surface area contributed by atoms with Crippen molar-refractivity contribution < 1.29 is 14.6 Å². The lowest BCUT2D eigenvalue weighted by atomic mass is 10.0. The first-order chi connectivity index (χ1) is 14.1. The Morgan fingerprint density at radius 1 is 1.00 bits per heavy atom. The highest BCUT2D eigenvalue weighted by Crippen LogP contribution is 2.41. The zero-order valence-electron chi connectivity index (χ0n) is 16.9. The van der Waals surface area contributed by atoms with Crippen molar-refractivity contribution in [3.63, 3.8) is 0 Å². The second kappa shape index (κ2) is 8.37. The van der Waals surface area contributed by atoms with Gasteiger partial charge in [-0.2, -0.15) is 0 Å². The molecule has 2 unspecified atom stereocenters. The Morgan fingerprint density at radius 2 is 1.59 bits per heavy atom. The average molecular weight is 393 g/mol. The second-order valence-electron chi connectivity index (χ2n) is 7.61. The van der Waals surface area contributed by atoms with Gasteiger partial charge in [-0.25, -0.2) is 0 Å². The van der Waals surface area contributed by atoms with Crippen LogP contribution < -0.4 is 4.90 Å². The van der Waals surface area contributed by atoms with Crippen molar-refractivity contribution in [1.82, 2.24) is 9.80 Å². The van der Waals surface area contributed by atoms with E-state index in [0.717, 1.165) is 11.3 Å². The third-order valence-electron chi connectivity index (χ3n) is 5.53. The quantitative estimate of drug-likeness (QED) is 0.847. The van der Waals surface area contributed by atoms with Crippen LogP contribution in [0.25, 0.3) is 0 Å². The summed E-state index contributed by atoms with van der Waals surface area (Å²) in [6, 6.07) is 18.7. The number of likely N-dealkylation sites (N-methyl/N-ethyl adjacent to an activating group) is 1. The van der Waals surface area contributed by atoms with Crippen molar-refractivity contribution in [3.8, 4) is 0 Å². The molecule has 6 heteroatoms. The van der Waals surface area contributed by atoms with Gasteiger partial charge in [0.2, 0.25) is 0 Å². The predicted molar refractivity (Wildman–Crippen MR) is 113 cm³/mol. The molecule has 2 atom stereocenters. The summed E-state index contributed by atoms with van der Waals surface area (Å²) in [5, 5.41) is 11.4. The lowest BCUT2D eigenvalue weighted by Gasteiger charge is -2.38. The Hall–Kier alpha value is -2.67. The molecule has 0 aromatic heterocycles. The standard InChI is InChI=1S/C23H27N3O3/c1-24(2)22(25-13-15-29-16-14-25)19-21(27)20(17-9-5-3-6-10-17)26(23(19)28)18-11-7-4-8-12-18/h3-12,20,22,27H,13-16H2,1-2H3. The Labute approximate surface area is 171 Å². The van der Waals surface area contributed by atoms with Crippen LogP contribution >= 0.6 is 0 Å². The van der Waals surface area contributed by atoms with Crippen LogP contribution in [0.2, 0.25) is 0 Å². The first kappa shape index (κ1) is 19.6. The predicted octanol–water partition coefficient (Wildman–Crippen LogP) is 2.81. The number of para-hydroxylation sites is 1. The zero-order valence-corrected chi connectivity index (χ0v) is 16.9. The largest absolute Gasteiger partial charge is 0.509 e. The maximum Gasteiger partial charge on any atom is 0.261 e. The number of anilines is 1. The van der Waals surface area contributed by atoms with Crippen molar-refractivity contribution in [2.45, 2.75) is 12.2 Å². The van der Waals surface area contributed by atoms with Crippen molar-refractivity contribution in [3.05, 3.63) is 77.6 Å². The van der Waals surface area contributed by atoms with Gasteiger partial charge in [0.05, 0.1) is 25.0 Å². The normalized spacial score (nSPS) is 21.8. The fourth-order valence-corrected chi connectivity index (χ4v) is 4.26. The number of ether oxygens (including phenoxy) is 1. The van der Waals surface area contributed by atoms with Gasteiger partial charge >= 0.3 is 0 Å². The van der Waals surface area contributed by atoms with E-state index in [1.807, 2.05) is 79.7 Å². The van der Waals surface area contributed by atoms with Crippen LogP contribution in [-0.4, -0.2) is 67.4 Å². The molecule has 0 bridgehead atoms. The van der Waals surface area contributed by atoms with E-state index >= 15 is 0 Å². The highest BCUT2D eigenvalue weighted by molar-refractivity contribution is 6.10. The maximum atomic E-state index is 13.7. The van der Waals surface area contributed by atoms with Gasteiger partial charge in [-0.15, -0.1) is 0 Å². The summed E-state index contributed by atoms with van der Waals surface area (Å²) in [5.41, 5.74) is 2.10. The van der Waals surface area contributed by atoms with Crippen LogP contribution in [-0.2, 0) is 9.53 Å². The van der Waals surface area contributed by atoms with E-state index in [1.165, 1.54) is 0 Å². The summed E-state index contributed by atoms with van der Waals surface area (Å²) in [4.78, 5) is 19.6. The number of amides is 1. The number of morpholine rings is 1. The lowest BCUT2D eigenvalue weighted by Crippen LogP contribution is -2.52. The number of nitrogens with zero attached hydrogens (tertiary/aromatic N) is 3. The number of benzene rings is 2. The van der Waals surface area contributed by atoms with Crippen LogP contribution in [0, 0.1) is 0 Å². The van der Waals surface area contributed by atoms with Gasteiger partial charge in [0.15, 0.2) is 0 Å². The molecule has 2 aliphatic heterocycles. The van der Waals surface area contributed by atoms with Gasteiger partial charge in [-0.1, -0.05) is 48.5 Å². The minimum atomic E-state index is -0.537. The van der Waals surface area contributed by atoms with Gasteiger partial charge < -0.3 is 9.84 Å². The molecule has 152 valence electrons. The first-order valence-electron chi connectivity index (χ1n) is 9.94. The summed E-state index contributed by atoms with van der Waals surface area (Å²) < 4.78 is 5.49. The van der Waals surface area contributed by atoms with Crippen LogP contribution in [0.15, 0.2) is 72.0 Å². The smallest absolute Gasteiger partial charge is 0.261 e. The zero-order chi connectivity index (χ0) is 20.4. The molecule has 29 heavy (non-hydrogen) atoms. The molecular formula is C23H27N3O3. The van der Waals surface area contributed by atoms with Crippen LogP contribution in [0.3, 0.4) is 0 Å². The maximum absolute atomic E-state index is 13.7. The Kier molecular flexibility index (Phi) is 5.67. The van der Waals surface area contributed by atoms with Crippen LogP contribution in [0.1, 0.15) is 11.6 Å². The van der Waals surface area contributed by atoms with Crippen LogP contribution in [0.4, 0.5) is 5.69 Å².